The summed E-state index contributed by atoms with van der Waals surface area (Å²) < 4.78 is 8.38. The molecule has 0 aliphatic carbocycles. The molecule has 36 heavy (non-hydrogen) atoms. The maximum absolute atomic E-state index is 12.4. The summed E-state index contributed by atoms with van der Waals surface area (Å²) in [4.78, 5) is 24.8. The predicted octanol–water partition coefficient (Wildman–Crippen LogP) is 5.57. The van der Waals surface area contributed by atoms with Crippen LogP contribution in [-0.2, 0) is 22.7 Å². The molecular formula is C25H29BrClN5O3S. The number of rotatable bonds is 11. The van der Waals surface area contributed by atoms with Crippen molar-refractivity contribution in [3.63, 3.8) is 0 Å². The van der Waals surface area contributed by atoms with Gasteiger partial charge in [0.05, 0.1) is 17.3 Å². The van der Waals surface area contributed by atoms with Crippen LogP contribution in [0, 0.1) is 6.92 Å². The van der Waals surface area contributed by atoms with E-state index in [0.29, 0.717) is 32.7 Å². The standard InChI is InChI=1S/C25H29BrClN5O3S/c1-5-32-22(12-28-23(33)13-35-21-10-16(4)6-8-18(21)15(2)3)30-31-25(32)36-14-24(34)29-17-7-9-20(27)19(26)11-17/h6-11,15H,5,12-14H2,1-4H3,(H,28,33)(H,29,34). The highest BCUT2D eigenvalue weighted by Crippen LogP contribution is 2.28. The van der Waals surface area contributed by atoms with Gasteiger partial charge in [0.2, 0.25) is 5.91 Å². The fourth-order valence-corrected chi connectivity index (χ4v) is 4.71. The lowest BCUT2D eigenvalue weighted by Gasteiger charge is -2.15. The minimum atomic E-state index is -0.250. The summed E-state index contributed by atoms with van der Waals surface area (Å²) in [6.45, 7) is 8.84. The Morgan fingerprint density at radius 1 is 1.17 bits per heavy atom. The van der Waals surface area contributed by atoms with E-state index < -0.39 is 0 Å². The van der Waals surface area contributed by atoms with E-state index in [2.05, 4.69) is 50.6 Å². The molecule has 3 rings (SSSR count). The van der Waals surface area contributed by atoms with E-state index in [1.165, 1.54) is 11.8 Å². The number of hydrogen-bond acceptors (Lipinski definition) is 6. The van der Waals surface area contributed by atoms with E-state index in [4.69, 9.17) is 16.3 Å². The van der Waals surface area contributed by atoms with Crippen molar-refractivity contribution in [2.45, 2.75) is 51.9 Å². The first kappa shape index (κ1) is 28.0. The van der Waals surface area contributed by atoms with Crippen molar-refractivity contribution < 1.29 is 14.3 Å². The fraction of sp³-hybridized carbons (Fsp3) is 0.360. The van der Waals surface area contributed by atoms with E-state index in [0.717, 1.165) is 16.9 Å². The second-order valence-corrected chi connectivity index (χ2v) is 10.6. The summed E-state index contributed by atoms with van der Waals surface area (Å²) >= 11 is 10.6. The summed E-state index contributed by atoms with van der Waals surface area (Å²) in [6, 6.07) is 11.2. The van der Waals surface area contributed by atoms with Crippen LogP contribution >= 0.6 is 39.3 Å². The Bertz CT molecular complexity index is 1230. The summed E-state index contributed by atoms with van der Waals surface area (Å²) in [5.41, 5.74) is 2.78. The van der Waals surface area contributed by atoms with Crippen LogP contribution in [0.4, 0.5) is 5.69 Å². The average molecular weight is 595 g/mol. The number of carbonyl (C=O) groups excluding carboxylic acids is 2. The molecular weight excluding hydrogens is 566 g/mol. The molecule has 0 atom stereocenters. The number of amides is 2. The van der Waals surface area contributed by atoms with E-state index in [-0.39, 0.29) is 36.6 Å². The zero-order chi connectivity index (χ0) is 26.2. The van der Waals surface area contributed by atoms with Crippen LogP contribution in [0.3, 0.4) is 0 Å². The number of aromatic nitrogens is 3. The van der Waals surface area contributed by atoms with Gasteiger partial charge < -0.3 is 19.9 Å². The third-order valence-electron chi connectivity index (χ3n) is 5.24. The summed E-state index contributed by atoms with van der Waals surface area (Å²) in [7, 11) is 0. The molecule has 0 unspecified atom stereocenters. The lowest BCUT2D eigenvalue weighted by Crippen LogP contribution is -2.29. The largest absolute Gasteiger partial charge is 0.483 e. The number of halogens is 2. The lowest BCUT2D eigenvalue weighted by atomic mass is 10.0. The molecule has 192 valence electrons. The molecule has 0 spiro atoms. The number of hydrogen-bond donors (Lipinski definition) is 2. The molecule has 0 aliphatic heterocycles. The molecule has 0 saturated heterocycles. The minimum Gasteiger partial charge on any atom is -0.483 e. The Kier molecular flexibility index (Phi) is 10.2. The van der Waals surface area contributed by atoms with Crippen LogP contribution < -0.4 is 15.4 Å². The molecule has 0 aliphatic rings. The smallest absolute Gasteiger partial charge is 0.258 e. The molecule has 0 bridgehead atoms. The van der Waals surface area contributed by atoms with Gasteiger partial charge in [-0.05, 0) is 71.1 Å². The normalized spacial score (nSPS) is 11.0. The van der Waals surface area contributed by atoms with Crippen molar-refractivity contribution in [1.29, 1.82) is 0 Å². The van der Waals surface area contributed by atoms with Gasteiger partial charge in [-0.25, -0.2) is 0 Å². The molecule has 2 N–H and O–H groups in total. The average Bonchev–Trinajstić information content (AvgIpc) is 3.24. The third kappa shape index (κ3) is 7.72. The fourth-order valence-electron chi connectivity index (χ4n) is 3.39. The molecule has 2 amide bonds. The number of nitrogens with zero attached hydrogens (tertiary/aromatic N) is 3. The third-order valence-corrected chi connectivity index (χ3v) is 7.42. The first-order chi connectivity index (χ1) is 17.2. The van der Waals surface area contributed by atoms with Gasteiger partial charge in [0, 0.05) is 16.7 Å². The Labute approximate surface area is 228 Å². The summed E-state index contributed by atoms with van der Waals surface area (Å²) in [5.74, 6) is 1.35. The van der Waals surface area contributed by atoms with E-state index >= 15 is 0 Å². The van der Waals surface area contributed by atoms with Crippen LogP contribution in [0.1, 0.15) is 43.6 Å². The first-order valence-corrected chi connectivity index (χ1v) is 13.6. The number of thioether (sulfide) groups is 1. The van der Waals surface area contributed by atoms with Gasteiger partial charge in [0.15, 0.2) is 17.6 Å². The number of anilines is 1. The number of benzene rings is 2. The van der Waals surface area contributed by atoms with E-state index in [1.807, 2.05) is 36.6 Å². The second-order valence-electron chi connectivity index (χ2n) is 8.37. The van der Waals surface area contributed by atoms with Crippen LogP contribution in [0.15, 0.2) is 46.0 Å². The van der Waals surface area contributed by atoms with Crippen molar-refractivity contribution >= 4 is 56.8 Å². The van der Waals surface area contributed by atoms with Gasteiger partial charge in [-0.1, -0.05) is 49.3 Å². The van der Waals surface area contributed by atoms with Gasteiger partial charge >= 0.3 is 0 Å². The van der Waals surface area contributed by atoms with Gasteiger partial charge in [-0.15, -0.1) is 10.2 Å². The van der Waals surface area contributed by atoms with Crippen molar-refractivity contribution in [3.05, 3.63) is 62.8 Å². The van der Waals surface area contributed by atoms with E-state index in [1.54, 1.807) is 18.2 Å². The second kappa shape index (κ2) is 13.1. The van der Waals surface area contributed by atoms with Crippen LogP contribution in [0.25, 0.3) is 0 Å². The number of nitrogens with one attached hydrogen (secondary N) is 2. The zero-order valence-electron chi connectivity index (χ0n) is 20.6. The van der Waals surface area contributed by atoms with Gasteiger partial charge in [0.25, 0.3) is 5.91 Å². The molecule has 11 heteroatoms. The minimum absolute atomic E-state index is 0.0912. The molecule has 1 heterocycles. The SMILES string of the molecule is CCn1c(CNC(=O)COc2cc(C)ccc2C(C)C)nnc1SCC(=O)Nc1ccc(Cl)c(Br)c1. The number of ether oxygens (including phenoxy) is 1. The zero-order valence-corrected chi connectivity index (χ0v) is 23.8. The monoisotopic (exact) mass is 593 g/mol. The van der Waals surface area contributed by atoms with Crippen LogP contribution in [0.5, 0.6) is 5.75 Å². The Hall–Kier alpha value is -2.56. The van der Waals surface area contributed by atoms with Crippen LogP contribution in [0.2, 0.25) is 5.02 Å². The molecule has 3 aromatic rings. The highest BCUT2D eigenvalue weighted by atomic mass is 79.9. The van der Waals surface area contributed by atoms with Gasteiger partial charge in [-0.2, -0.15) is 0 Å². The van der Waals surface area contributed by atoms with Gasteiger partial charge in [-0.3, -0.25) is 9.59 Å². The first-order valence-electron chi connectivity index (χ1n) is 11.5. The maximum Gasteiger partial charge on any atom is 0.258 e. The molecule has 8 nitrogen and oxygen atoms in total. The lowest BCUT2D eigenvalue weighted by molar-refractivity contribution is -0.123. The van der Waals surface area contributed by atoms with Gasteiger partial charge in [0.1, 0.15) is 5.75 Å². The van der Waals surface area contributed by atoms with Crippen LogP contribution in [-0.4, -0.2) is 38.9 Å². The number of aryl methyl sites for hydroxylation is 1. The Morgan fingerprint density at radius 2 is 1.94 bits per heavy atom. The molecule has 2 aromatic carbocycles. The maximum atomic E-state index is 12.4. The number of carbonyl (C=O) groups is 2. The molecule has 0 fully saturated rings. The Morgan fingerprint density at radius 3 is 2.64 bits per heavy atom. The topological polar surface area (TPSA) is 98.1 Å². The summed E-state index contributed by atoms with van der Waals surface area (Å²) in [5, 5.41) is 15.2. The van der Waals surface area contributed by atoms with E-state index in [9.17, 15) is 9.59 Å². The predicted molar refractivity (Wildman–Crippen MR) is 147 cm³/mol. The quantitative estimate of drug-likeness (QED) is 0.282. The molecule has 1 aromatic heterocycles. The summed E-state index contributed by atoms with van der Waals surface area (Å²) in [6.07, 6.45) is 0. The molecule has 0 radical (unpaired) electrons. The molecule has 0 saturated carbocycles. The highest BCUT2D eigenvalue weighted by molar-refractivity contribution is 9.10. The van der Waals surface area contributed by atoms with Crippen molar-refractivity contribution in [1.82, 2.24) is 20.1 Å². The van der Waals surface area contributed by atoms with Crippen molar-refractivity contribution in [2.75, 3.05) is 17.7 Å². The Balaban J connectivity index is 1.51. The van der Waals surface area contributed by atoms with Crippen molar-refractivity contribution in [2.24, 2.45) is 0 Å². The van der Waals surface area contributed by atoms with Crippen molar-refractivity contribution in [3.8, 4) is 5.75 Å². The highest BCUT2D eigenvalue weighted by Gasteiger charge is 2.15.